The van der Waals surface area contributed by atoms with Crippen molar-refractivity contribution in [3.63, 3.8) is 0 Å². The lowest BCUT2D eigenvalue weighted by molar-refractivity contribution is -0.134. The maximum Gasteiger partial charge on any atom is 0.220 e. The molecule has 0 spiro atoms. The lowest BCUT2D eigenvalue weighted by Crippen LogP contribution is -2.50. The predicted octanol–water partition coefficient (Wildman–Crippen LogP) is 3.05. The molecule has 1 aromatic carbocycles. The Morgan fingerprint density at radius 2 is 1.83 bits per heavy atom. The summed E-state index contributed by atoms with van der Waals surface area (Å²) in [6.07, 6.45) is 6.96. The monoisotopic (exact) mass is 422 g/mol. The molecule has 1 saturated carbocycles. The maximum atomic E-state index is 12.3. The highest BCUT2D eigenvalue weighted by Crippen LogP contribution is 2.35. The molecule has 29 heavy (non-hydrogen) atoms. The van der Waals surface area contributed by atoms with Crippen molar-refractivity contribution in [2.24, 2.45) is 0 Å². The maximum absolute atomic E-state index is 12.3. The van der Waals surface area contributed by atoms with Gasteiger partial charge in [-0.2, -0.15) is 0 Å². The van der Waals surface area contributed by atoms with Crippen molar-refractivity contribution in [1.82, 2.24) is 9.62 Å². The van der Waals surface area contributed by atoms with Crippen molar-refractivity contribution in [2.45, 2.75) is 82.5 Å². The fourth-order valence-electron chi connectivity index (χ4n) is 5.00. The average Bonchev–Trinajstić information content (AvgIpc) is 3.03. The minimum atomic E-state index is -3.35. The number of rotatable bonds is 7. The SMILES string of the molecule is CCC1C[C@H](NS(C)(=O)=O)[C@H](COC2CCC(c3ccccc3)CC2)N1C(C)=O. The summed E-state index contributed by atoms with van der Waals surface area (Å²) in [5, 5.41) is 0. The van der Waals surface area contributed by atoms with E-state index in [1.807, 2.05) is 17.9 Å². The second kappa shape index (κ2) is 9.58. The van der Waals surface area contributed by atoms with E-state index in [1.165, 1.54) is 11.8 Å². The third-order valence-corrected chi connectivity index (χ3v) is 7.12. The third kappa shape index (κ3) is 5.80. The Labute approximate surface area is 175 Å². The Bertz CT molecular complexity index is 775. The molecule has 2 aliphatic rings. The number of benzene rings is 1. The van der Waals surface area contributed by atoms with Crippen LogP contribution >= 0.6 is 0 Å². The normalized spacial score (nSPS) is 30.4. The molecular weight excluding hydrogens is 388 g/mol. The van der Waals surface area contributed by atoms with Gasteiger partial charge in [0.05, 0.1) is 25.0 Å². The molecule has 6 nitrogen and oxygen atoms in total. The van der Waals surface area contributed by atoms with E-state index in [2.05, 4.69) is 29.0 Å². The highest BCUT2D eigenvalue weighted by Gasteiger charge is 2.43. The lowest BCUT2D eigenvalue weighted by atomic mass is 9.83. The van der Waals surface area contributed by atoms with Gasteiger partial charge in [0, 0.05) is 19.0 Å². The summed E-state index contributed by atoms with van der Waals surface area (Å²) in [6, 6.07) is 10.1. The zero-order valence-corrected chi connectivity index (χ0v) is 18.5. The fraction of sp³-hybridized carbons (Fsp3) is 0.682. The first-order valence-electron chi connectivity index (χ1n) is 10.7. The number of likely N-dealkylation sites (tertiary alicyclic amines) is 1. The van der Waals surface area contributed by atoms with Gasteiger partial charge in [0.2, 0.25) is 15.9 Å². The van der Waals surface area contributed by atoms with Crippen LogP contribution in [0.15, 0.2) is 30.3 Å². The number of nitrogens with one attached hydrogen (secondary N) is 1. The smallest absolute Gasteiger partial charge is 0.220 e. The zero-order chi connectivity index (χ0) is 21.0. The molecule has 0 radical (unpaired) electrons. The van der Waals surface area contributed by atoms with E-state index in [-0.39, 0.29) is 30.1 Å². The van der Waals surface area contributed by atoms with Crippen molar-refractivity contribution < 1.29 is 17.9 Å². The van der Waals surface area contributed by atoms with Gasteiger partial charge in [-0.05, 0) is 50.0 Å². The van der Waals surface area contributed by atoms with Crippen molar-refractivity contribution in [1.29, 1.82) is 0 Å². The Balaban J connectivity index is 1.60. The number of hydrogen-bond donors (Lipinski definition) is 1. The number of hydrogen-bond acceptors (Lipinski definition) is 4. The quantitative estimate of drug-likeness (QED) is 0.733. The molecule has 3 rings (SSSR count). The highest BCUT2D eigenvalue weighted by molar-refractivity contribution is 7.88. The van der Waals surface area contributed by atoms with E-state index in [0.717, 1.165) is 32.1 Å². The van der Waals surface area contributed by atoms with Crippen LogP contribution in [0.4, 0.5) is 0 Å². The molecule has 0 aromatic heterocycles. The van der Waals surface area contributed by atoms with Crippen LogP contribution in [0.25, 0.3) is 0 Å². The topological polar surface area (TPSA) is 75.7 Å². The average molecular weight is 423 g/mol. The molecule has 162 valence electrons. The summed E-state index contributed by atoms with van der Waals surface area (Å²) in [5.74, 6) is 0.566. The van der Waals surface area contributed by atoms with Gasteiger partial charge in [-0.3, -0.25) is 4.79 Å². The van der Waals surface area contributed by atoms with Gasteiger partial charge in [0.15, 0.2) is 0 Å². The summed E-state index contributed by atoms with van der Waals surface area (Å²) in [6.45, 7) is 3.97. The van der Waals surface area contributed by atoms with E-state index in [1.54, 1.807) is 6.92 Å². The number of amides is 1. The van der Waals surface area contributed by atoms with Crippen LogP contribution in [0, 0.1) is 0 Å². The molecule has 1 amide bonds. The number of nitrogens with zero attached hydrogens (tertiary/aromatic N) is 1. The number of ether oxygens (including phenoxy) is 1. The predicted molar refractivity (Wildman–Crippen MR) is 114 cm³/mol. The van der Waals surface area contributed by atoms with E-state index >= 15 is 0 Å². The largest absolute Gasteiger partial charge is 0.376 e. The second-order valence-corrected chi connectivity index (χ2v) is 10.3. The highest BCUT2D eigenvalue weighted by atomic mass is 32.2. The molecule has 1 heterocycles. The summed E-state index contributed by atoms with van der Waals surface area (Å²) < 4.78 is 32.6. The van der Waals surface area contributed by atoms with Gasteiger partial charge in [0.1, 0.15) is 0 Å². The molecular formula is C22H34N2O4S. The van der Waals surface area contributed by atoms with Gasteiger partial charge >= 0.3 is 0 Å². The molecule has 3 atom stereocenters. The Morgan fingerprint density at radius 1 is 1.17 bits per heavy atom. The Hall–Kier alpha value is -1.44. The Morgan fingerprint density at radius 3 is 2.38 bits per heavy atom. The van der Waals surface area contributed by atoms with Crippen LogP contribution in [0.5, 0.6) is 0 Å². The summed E-state index contributed by atoms with van der Waals surface area (Å²) in [7, 11) is -3.35. The van der Waals surface area contributed by atoms with Crippen LogP contribution in [-0.2, 0) is 19.6 Å². The van der Waals surface area contributed by atoms with Crippen LogP contribution in [-0.4, -0.2) is 56.3 Å². The van der Waals surface area contributed by atoms with Gasteiger partial charge in [-0.25, -0.2) is 13.1 Å². The Kier molecular flexibility index (Phi) is 7.35. The molecule has 1 aliphatic carbocycles. The van der Waals surface area contributed by atoms with Crippen molar-refractivity contribution in [3.05, 3.63) is 35.9 Å². The first-order chi connectivity index (χ1) is 13.8. The molecule has 2 fully saturated rings. The summed E-state index contributed by atoms with van der Waals surface area (Å²) >= 11 is 0. The van der Waals surface area contributed by atoms with E-state index in [4.69, 9.17) is 4.74 Å². The molecule has 0 bridgehead atoms. The first kappa shape index (κ1) is 22.2. The van der Waals surface area contributed by atoms with E-state index in [0.29, 0.717) is 18.9 Å². The van der Waals surface area contributed by atoms with Gasteiger partial charge in [0.25, 0.3) is 0 Å². The number of sulfonamides is 1. The minimum Gasteiger partial charge on any atom is -0.376 e. The zero-order valence-electron chi connectivity index (χ0n) is 17.7. The van der Waals surface area contributed by atoms with Crippen LogP contribution in [0.1, 0.15) is 63.9 Å². The minimum absolute atomic E-state index is 0.0176. The first-order valence-corrected chi connectivity index (χ1v) is 12.6. The van der Waals surface area contributed by atoms with E-state index in [9.17, 15) is 13.2 Å². The van der Waals surface area contributed by atoms with Crippen LogP contribution in [0.2, 0.25) is 0 Å². The van der Waals surface area contributed by atoms with Gasteiger partial charge in [-0.1, -0.05) is 37.3 Å². The van der Waals surface area contributed by atoms with Gasteiger partial charge < -0.3 is 9.64 Å². The fourth-order valence-corrected chi connectivity index (χ4v) is 5.81. The molecule has 1 saturated heterocycles. The number of carbonyl (C=O) groups excluding carboxylic acids is 1. The molecule has 1 unspecified atom stereocenters. The molecule has 1 N–H and O–H groups in total. The number of carbonyl (C=O) groups is 1. The molecule has 7 heteroatoms. The second-order valence-electron chi connectivity index (χ2n) is 8.51. The molecule has 1 aliphatic heterocycles. The van der Waals surface area contributed by atoms with E-state index < -0.39 is 10.0 Å². The lowest BCUT2D eigenvalue weighted by Gasteiger charge is -2.33. The van der Waals surface area contributed by atoms with Crippen molar-refractivity contribution in [3.8, 4) is 0 Å². The third-order valence-electron chi connectivity index (χ3n) is 6.39. The standard InChI is InChI=1S/C22H34N2O4S/c1-4-19-14-21(23-29(3,26)27)22(24(19)16(2)25)15-28-20-12-10-18(11-13-20)17-8-6-5-7-9-17/h5-9,18-23H,4,10-15H2,1-3H3/t18?,19?,20?,21-,22-/m0/s1. The van der Waals surface area contributed by atoms with Crippen molar-refractivity contribution in [2.75, 3.05) is 12.9 Å². The van der Waals surface area contributed by atoms with Crippen molar-refractivity contribution >= 4 is 15.9 Å². The van der Waals surface area contributed by atoms with Crippen LogP contribution < -0.4 is 4.72 Å². The summed E-state index contributed by atoms with van der Waals surface area (Å²) in [4.78, 5) is 14.1. The summed E-state index contributed by atoms with van der Waals surface area (Å²) in [5.41, 5.74) is 1.40. The van der Waals surface area contributed by atoms with Gasteiger partial charge in [-0.15, -0.1) is 0 Å². The molecule has 1 aromatic rings. The van der Waals surface area contributed by atoms with Crippen LogP contribution in [0.3, 0.4) is 0 Å².